The summed E-state index contributed by atoms with van der Waals surface area (Å²) >= 11 is 0. The third kappa shape index (κ3) is 3.11. The molecule has 3 aliphatic rings. The van der Waals surface area contributed by atoms with Gasteiger partial charge in [0.2, 0.25) is 0 Å². The van der Waals surface area contributed by atoms with E-state index >= 15 is 0 Å². The van der Waals surface area contributed by atoms with Gasteiger partial charge in [-0.15, -0.1) is 0 Å². The van der Waals surface area contributed by atoms with Gasteiger partial charge in [0.05, 0.1) is 6.54 Å². The number of amides is 1. The second-order valence-corrected chi connectivity index (χ2v) is 8.49. The van der Waals surface area contributed by atoms with Gasteiger partial charge in [-0.1, -0.05) is 13.0 Å². The summed E-state index contributed by atoms with van der Waals surface area (Å²) in [6.45, 7) is 6.86. The summed E-state index contributed by atoms with van der Waals surface area (Å²) in [4.78, 5) is 32.9. The van der Waals surface area contributed by atoms with E-state index in [0.29, 0.717) is 24.6 Å². The van der Waals surface area contributed by atoms with Crippen molar-refractivity contribution in [1.29, 1.82) is 0 Å². The Labute approximate surface area is 176 Å². The maximum absolute atomic E-state index is 12.9. The number of nitrogens with zero attached hydrogens (tertiary/aromatic N) is 2. The van der Waals surface area contributed by atoms with Gasteiger partial charge in [0.25, 0.3) is 5.91 Å². The number of carbonyl (C=O) groups is 2. The van der Waals surface area contributed by atoms with Crippen LogP contribution in [0.25, 0.3) is 0 Å². The maximum atomic E-state index is 12.9. The smallest absolute Gasteiger partial charge is 0.270 e. The molecule has 5 rings (SSSR count). The SMILES string of the molecule is CC1=C[C@H](C)c2cc(N3CCOc4cc(C(=O)N5CCCCC5)[nH]c43)ccc2C1=O. The van der Waals surface area contributed by atoms with Crippen LogP contribution in [0.5, 0.6) is 5.75 Å². The van der Waals surface area contributed by atoms with Crippen LogP contribution in [0.2, 0.25) is 0 Å². The number of anilines is 2. The summed E-state index contributed by atoms with van der Waals surface area (Å²) < 4.78 is 5.85. The first kappa shape index (κ1) is 19.0. The van der Waals surface area contributed by atoms with Crippen molar-refractivity contribution in [2.45, 2.75) is 39.0 Å². The largest absolute Gasteiger partial charge is 0.488 e. The molecule has 1 aromatic heterocycles. The highest BCUT2D eigenvalue weighted by Crippen LogP contribution is 2.39. The molecule has 1 aromatic carbocycles. The minimum atomic E-state index is 0.0397. The molecule has 1 atom stereocenters. The Balaban J connectivity index is 1.47. The van der Waals surface area contributed by atoms with E-state index < -0.39 is 0 Å². The first-order valence-corrected chi connectivity index (χ1v) is 10.8. The van der Waals surface area contributed by atoms with Gasteiger partial charge in [-0.2, -0.15) is 0 Å². The molecule has 156 valence electrons. The molecule has 0 bridgehead atoms. The number of hydrogen-bond donors (Lipinski definition) is 1. The van der Waals surface area contributed by atoms with Crippen LogP contribution in [0, 0.1) is 0 Å². The van der Waals surface area contributed by atoms with Crippen LogP contribution in [0.15, 0.2) is 35.9 Å². The Morgan fingerprint density at radius 3 is 2.73 bits per heavy atom. The van der Waals surface area contributed by atoms with E-state index in [1.54, 1.807) is 0 Å². The van der Waals surface area contributed by atoms with Gasteiger partial charge >= 0.3 is 0 Å². The number of hydrogen-bond acceptors (Lipinski definition) is 4. The second-order valence-electron chi connectivity index (χ2n) is 8.49. The number of likely N-dealkylation sites (tertiary alicyclic amines) is 1. The maximum Gasteiger partial charge on any atom is 0.270 e. The molecule has 1 N–H and O–H groups in total. The molecular formula is C24H27N3O3. The number of Topliss-reactive ketones (excluding diaryl/α,β-unsaturated/α-hetero) is 1. The molecule has 0 spiro atoms. The molecule has 2 aliphatic heterocycles. The number of benzene rings is 1. The molecule has 3 heterocycles. The topological polar surface area (TPSA) is 65.6 Å². The monoisotopic (exact) mass is 405 g/mol. The fraction of sp³-hybridized carbons (Fsp3) is 0.417. The molecule has 1 saturated heterocycles. The standard InChI is InChI=1S/C24H27N3O3/c1-15-12-16(2)22(28)18-7-6-17(13-19(15)18)27-10-11-30-21-14-20(25-23(21)27)24(29)26-8-4-3-5-9-26/h6-7,12-15,25H,3-5,8-11H2,1-2H3/t15-/m0/s1. The highest BCUT2D eigenvalue weighted by Gasteiger charge is 2.29. The van der Waals surface area contributed by atoms with Crippen LogP contribution in [0.3, 0.4) is 0 Å². The number of piperidine rings is 1. The molecule has 6 nitrogen and oxygen atoms in total. The molecule has 6 heteroatoms. The fourth-order valence-electron chi connectivity index (χ4n) is 4.79. The minimum absolute atomic E-state index is 0.0397. The van der Waals surface area contributed by atoms with Crippen molar-refractivity contribution in [3.05, 3.63) is 52.7 Å². The second kappa shape index (κ2) is 7.35. The number of rotatable bonds is 2. The van der Waals surface area contributed by atoms with Crippen LogP contribution in [-0.4, -0.2) is 47.8 Å². The van der Waals surface area contributed by atoms with Gasteiger partial charge in [0.1, 0.15) is 12.3 Å². The van der Waals surface area contributed by atoms with E-state index in [9.17, 15) is 9.59 Å². The number of ketones is 1. The van der Waals surface area contributed by atoms with Crippen LogP contribution in [0.4, 0.5) is 11.5 Å². The molecule has 30 heavy (non-hydrogen) atoms. The highest BCUT2D eigenvalue weighted by atomic mass is 16.5. The normalized spacial score (nSPS) is 20.9. The van der Waals surface area contributed by atoms with Gasteiger partial charge in [-0.05, 0) is 55.5 Å². The van der Waals surface area contributed by atoms with Crippen molar-refractivity contribution in [2.24, 2.45) is 0 Å². The van der Waals surface area contributed by atoms with Crippen molar-refractivity contribution >= 4 is 23.2 Å². The fourth-order valence-corrected chi connectivity index (χ4v) is 4.79. The predicted molar refractivity (Wildman–Crippen MR) is 116 cm³/mol. The number of fused-ring (bicyclic) bond motifs is 2. The van der Waals surface area contributed by atoms with E-state index in [4.69, 9.17) is 4.74 Å². The Morgan fingerprint density at radius 2 is 1.93 bits per heavy atom. The summed E-state index contributed by atoms with van der Waals surface area (Å²) in [5.41, 5.74) is 4.22. The first-order valence-electron chi connectivity index (χ1n) is 10.8. The van der Waals surface area contributed by atoms with Crippen molar-refractivity contribution in [3.63, 3.8) is 0 Å². The lowest BCUT2D eigenvalue weighted by atomic mass is 9.84. The Morgan fingerprint density at radius 1 is 1.13 bits per heavy atom. The third-order valence-corrected chi connectivity index (χ3v) is 6.42. The summed E-state index contributed by atoms with van der Waals surface area (Å²) in [7, 11) is 0. The number of aromatic nitrogens is 1. The van der Waals surface area contributed by atoms with Crippen LogP contribution in [-0.2, 0) is 0 Å². The minimum Gasteiger partial charge on any atom is -0.488 e. The van der Waals surface area contributed by atoms with Gasteiger partial charge in [0.15, 0.2) is 17.4 Å². The zero-order valence-corrected chi connectivity index (χ0v) is 17.5. The molecule has 1 fully saturated rings. The first-order chi connectivity index (χ1) is 14.5. The molecule has 1 aliphatic carbocycles. The Bertz CT molecular complexity index is 1050. The van der Waals surface area contributed by atoms with E-state index in [2.05, 4.69) is 22.9 Å². The molecule has 0 unspecified atom stereocenters. The van der Waals surface area contributed by atoms with Crippen molar-refractivity contribution < 1.29 is 14.3 Å². The number of aromatic amines is 1. The molecule has 0 saturated carbocycles. The van der Waals surface area contributed by atoms with Gasteiger partial charge in [0, 0.05) is 36.3 Å². The number of carbonyl (C=O) groups excluding carboxylic acids is 2. The van der Waals surface area contributed by atoms with E-state index in [1.165, 1.54) is 6.42 Å². The van der Waals surface area contributed by atoms with Gasteiger partial charge in [-0.3, -0.25) is 9.59 Å². The summed E-state index contributed by atoms with van der Waals surface area (Å²) in [5, 5.41) is 0. The zero-order chi connectivity index (χ0) is 20.8. The van der Waals surface area contributed by atoms with Crippen molar-refractivity contribution in [3.8, 4) is 5.75 Å². The number of allylic oxidation sites excluding steroid dienone is 2. The van der Waals surface area contributed by atoms with Crippen molar-refractivity contribution in [2.75, 3.05) is 31.1 Å². The number of H-pyrrole nitrogens is 1. The lowest BCUT2D eigenvalue weighted by Gasteiger charge is -2.30. The number of nitrogens with one attached hydrogen (secondary N) is 1. The van der Waals surface area contributed by atoms with Crippen LogP contribution >= 0.6 is 0 Å². The van der Waals surface area contributed by atoms with Gasteiger partial charge < -0.3 is 19.5 Å². The average molecular weight is 405 g/mol. The van der Waals surface area contributed by atoms with Gasteiger partial charge in [-0.25, -0.2) is 0 Å². The van der Waals surface area contributed by atoms with Crippen LogP contribution in [0.1, 0.15) is 65.4 Å². The Kier molecular flexibility index (Phi) is 4.65. The average Bonchev–Trinajstić information content (AvgIpc) is 3.22. The summed E-state index contributed by atoms with van der Waals surface area (Å²) in [6.07, 6.45) is 5.35. The predicted octanol–water partition coefficient (Wildman–Crippen LogP) is 4.42. The quantitative estimate of drug-likeness (QED) is 0.803. The highest BCUT2D eigenvalue weighted by molar-refractivity contribution is 6.11. The molecule has 1 amide bonds. The third-order valence-electron chi connectivity index (χ3n) is 6.42. The molecular weight excluding hydrogens is 378 g/mol. The molecule has 2 aromatic rings. The van der Waals surface area contributed by atoms with E-state index in [1.807, 2.05) is 36.1 Å². The number of ether oxygens (including phenoxy) is 1. The van der Waals surface area contributed by atoms with Crippen molar-refractivity contribution in [1.82, 2.24) is 9.88 Å². The van der Waals surface area contributed by atoms with Crippen LogP contribution < -0.4 is 9.64 Å². The lowest BCUT2D eigenvalue weighted by molar-refractivity contribution is 0.0719. The van der Waals surface area contributed by atoms with E-state index in [-0.39, 0.29) is 17.6 Å². The summed E-state index contributed by atoms with van der Waals surface area (Å²) in [6, 6.07) is 7.85. The lowest BCUT2D eigenvalue weighted by Crippen LogP contribution is -2.35. The van der Waals surface area contributed by atoms with E-state index in [0.717, 1.165) is 54.1 Å². The summed E-state index contributed by atoms with van der Waals surface area (Å²) in [5.74, 6) is 1.85. The molecule has 0 radical (unpaired) electrons. The Hall–Kier alpha value is -3.02. The zero-order valence-electron chi connectivity index (χ0n) is 17.5.